The molecule has 0 aliphatic heterocycles. The van der Waals surface area contributed by atoms with Crippen LogP contribution < -0.4 is 5.32 Å². The van der Waals surface area contributed by atoms with Crippen LogP contribution in [0.2, 0.25) is 0 Å². The molecule has 4 heteroatoms. The summed E-state index contributed by atoms with van der Waals surface area (Å²) in [6.45, 7) is 7.04. The SMILES string of the molecule is CNC(C)c1nnc(C23CC4CC(C)(CC(C)(C4)C2)C3)o1. The Bertz CT molecular complexity index is 548. The molecule has 0 radical (unpaired) electrons. The number of nitrogens with one attached hydrogen (secondary N) is 1. The Morgan fingerprint density at radius 1 is 1.10 bits per heavy atom. The highest BCUT2D eigenvalue weighted by Crippen LogP contribution is 2.69. The van der Waals surface area contributed by atoms with Crippen LogP contribution in [0.5, 0.6) is 0 Å². The summed E-state index contributed by atoms with van der Waals surface area (Å²) in [5, 5.41) is 12.0. The zero-order chi connectivity index (χ0) is 14.9. The van der Waals surface area contributed by atoms with Gasteiger partial charge in [0.2, 0.25) is 11.8 Å². The van der Waals surface area contributed by atoms with Gasteiger partial charge in [0, 0.05) is 5.41 Å². The predicted molar refractivity (Wildman–Crippen MR) is 80.9 cm³/mol. The summed E-state index contributed by atoms with van der Waals surface area (Å²) in [4.78, 5) is 0. The Kier molecular flexibility index (Phi) is 2.68. The van der Waals surface area contributed by atoms with Crippen molar-refractivity contribution in [1.82, 2.24) is 15.5 Å². The number of aromatic nitrogens is 2. The van der Waals surface area contributed by atoms with E-state index >= 15 is 0 Å². The first-order valence-electron chi connectivity index (χ1n) is 8.37. The highest BCUT2D eigenvalue weighted by molar-refractivity contribution is 5.20. The maximum absolute atomic E-state index is 6.13. The molecule has 116 valence electrons. The Morgan fingerprint density at radius 3 is 2.33 bits per heavy atom. The third-order valence-corrected chi connectivity index (χ3v) is 6.32. The summed E-state index contributed by atoms with van der Waals surface area (Å²) in [7, 11) is 1.93. The molecule has 0 amide bonds. The molecule has 1 heterocycles. The van der Waals surface area contributed by atoms with E-state index in [0.29, 0.717) is 10.8 Å². The smallest absolute Gasteiger partial charge is 0.233 e. The molecule has 0 saturated heterocycles. The molecule has 4 fully saturated rings. The molecule has 5 rings (SSSR count). The summed E-state index contributed by atoms with van der Waals surface area (Å²) in [5.74, 6) is 2.51. The topological polar surface area (TPSA) is 51.0 Å². The van der Waals surface area contributed by atoms with E-state index in [9.17, 15) is 0 Å². The maximum atomic E-state index is 6.13. The molecule has 1 N–H and O–H groups in total. The van der Waals surface area contributed by atoms with Crippen molar-refractivity contribution < 1.29 is 4.42 Å². The summed E-state index contributed by atoms with van der Waals surface area (Å²) in [6.07, 6.45) is 7.92. The molecule has 1 aromatic rings. The molecular formula is C17H27N3O. The lowest BCUT2D eigenvalue weighted by atomic mass is 9.40. The summed E-state index contributed by atoms with van der Waals surface area (Å²) in [6, 6.07) is 0.131. The van der Waals surface area contributed by atoms with Gasteiger partial charge in [0.1, 0.15) is 0 Å². The van der Waals surface area contributed by atoms with Crippen LogP contribution in [0.4, 0.5) is 0 Å². The van der Waals surface area contributed by atoms with Crippen molar-refractivity contribution in [3.05, 3.63) is 11.8 Å². The van der Waals surface area contributed by atoms with Crippen molar-refractivity contribution in [1.29, 1.82) is 0 Å². The van der Waals surface area contributed by atoms with E-state index in [1.54, 1.807) is 0 Å². The van der Waals surface area contributed by atoms with Gasteiger partial charge in [-0.1, -0.05) is 13.8 Å². The normalized spacial score (nSPS) is 46.0. The van der Waals surface area contributed by atoms with E-state index in [1.165, 1.54) is 38.5 Å². The fraction of sp³-hybridized carbons (Fsp3) is 0.882. The largest absolute Gasteiger partial charge is 0.423 e. The van der Waals surface area contributed by atoms with Crippen molar-refractivity contribution in [3.63, 3.8) is 0 Å². The van der Waals surface area contributed by atoms with Crippen LogP contribution in [-0.4, -0.2) is 17.2 Å². The zero-order valence-corrected chi connectivity index (χ0v) is 13.7. The van der Waals surface area contributed by atoms with E-state index in [1.807, 2.05) is 7.05 Å². The monoisotopic (exact) mass is 289 g/mol. The van der Waals surface area contributed by atoms with E-state index in [2.05, 4.69) is 36.3 Å². The lowest BCUT2D eigenvalue weighted by molar-refractivity contribution is -0.117. The predicted octanol–water partition coefficient (Wildman–Crippen LogP) is 3.60. The van der Waals surface area contributed by atoms with Gasteiger partial charge < -0.3 is 9.73 Å². The third-order valence-electron chi connectivity index (χ3n) is 6.32. The van der Waals surface area contributed by atoms with Gasteiger partial charge in [0.25, 0.3) is 0 Å². The van der Waals surface area contributed by atoms with Gasteiger partial charge in [-0.2, -0.15) is 0 Å². The van der Waals surface area contributed by atoms with Gasteiger partial charge in [-0.05, 0) is 69.2 Å². The van der Waals surface area contributed by atoms with E-state index in [-0.39, 0.29) is 11.5 Å². The van der Waals surface area contributed by atoms with E-state index in [0.717, 1.165) is 17.7 Å². The van der Waals surface area contributed by atoms with Crippen LogP contribution in [-0.2, 0) is 5.41 Å². The standard InChI is InChI=1S/C17H27N3O/c1-11(18-4)13-19-20-14(21-13)17-7-12-5-15(2,9-17)8-16(3,6-12)10-17/h11-12,18H,5-10H2,1-4H3. The molecule has 1 aromatic heterocycles. The fourth-order valence-electron chi connectivity index (χ4n) is 6.43. The van der Waals surface area contributed by atoms with Crippen LogP contribution in [0.1, 0.15) is 77.1 Å². The van der Waals surface area contributed by atoms with Crippen LogP contribution in [0.3, 0.4) is 0 Å². The first-order valence-corrected chi connectivity index (χ1v) is 8.37. The molecule has 3 unspecified atom stereocenters. The van der Waals surface area contributed by atoms with Gasteiger partial charge in [0.05, 0.1) is 6.04 Å². The molecule has 0 aromatic carbocycles. The van der Waals surface area contributed by atoms with Crippen molar-refractivity contribution >= 4 is 0 Å². The maximum Gasteiger partial charge on any atom is 0.233 e. The zero-order valence-electron chi connectivity index (χ0n) is 13.7. The molecule has 3 atom stereocenters. The highest BCUT2D eigenvalue weighted by atomic mass is 16.4. The second kappa shape index (κ2) is 4.09. The van der Waals surface area contributed by atoms with E-state index in [4.69, 9.17) is 4.42 Å². The van der Waals surface area contributed by atoms with Crippen LogP contribution in [0, 0.1) is 16.7 Å². The average Bonchev–Trinajstić information content (AvgIpc) is 2.83. The lowest BCUT2D eigenvalue weighted by Gasteiger charge is -2.64. The molecular weight excluding hydrogens is 262 g/mol. The summed E-state index contributed by atoms with van der Waals surface area (Å²) >= 11 is 0. The molecule has 0 spiro atoms. The fourth-order valence-corrected chi connectivity index (χ4v) is 6.43. The minimum Gasteiger partial charge on any atom is -0.423 e. The van der Waals surface area contributed by atoms with Crippen LogP contribution >= 0.6 is 0 Å². The molecule has 4 nitrogen and oxygen atoms in total. The van der Waals surface area contributed by atoms with Crippen molar-refractivity contribution in [2.24, 2.45) is 16.7 Å². The van der Waals surface area contributed by atoms with Crippen LogP contribution in [0.15, 0.2) is 4.42 Å². The second-order valence-corrected chi connectivity index (χ2v) is 8.87. The molecule has 4 saturated carbocycles. The quantitative estimate of drug-likeness (QED) is 0.923. The van der Waals surface area contributed by atoms with Gasteiger partial charge in [-0.25, -0.2) is 0 Å². The Balaban J connectivity index is 1.72. The Labute approximate surface area is 127 Å². The lowest BCUT2D eigenvalue weighted by Crippen LogP contribution is -2.57. The number of hydrogen-bond acceptors (Lipinski definition) is 4. The van der Waals surface area contributed by atoms with Crippen molar-refractivity contribution in [3.8, 4) is 0 Å². The van der Waals surface area contributed by atoms with Crippen molar-refractivity contribution in [2.75, 3.05) is 7.05 Å². The summed E-state index contributed by atoms with van der Waals surface area (Å²) < 4.78 is 6.13. The number of rotatable bonds is 3. The van der Waals surface area contributed by atoms with Gasteiger partial charge in [-0.15, -0.1) is 10.2 Å². The number of hydrogen-bond donors (Lipinski definition) is 1. The number of nitrogens with zero attached hydrogens (tertiary/aromatic N) is 2. The highest BCUT2D eigenvalue weighted by Gasteiger charge is 2.62. The first kappa shape index (κ1) is 13.7. The average molecular weight is 289 g/mol. The first-order chi connectivity index (χ1) is 9.85. The van der Waals surface area contributed by atoms with Gasteiger partial charge in [-0.3, -0.25) is 0 Å². The van der Waals surface area contributed by atoms with Crippen molar-refractivity contribution in [2.45, 2.75) is 70.8 Å². The Morgan fingerprint density at radius 2 is 1.76 bits per heavy atom. The molecule has 21 heavy (non-hydrogen) atoms. The molecule has 4 bridgehead atoms. The van der Waals surface area contributed by atoms with Gasteiger partial charge in [0.15, 0.2) is 0 Å². The minimum atomic E-state index is 0.131. The second-order valence-electron chi connectivity index (χ2n) is 8.87. The Hall–Kier alpha value is -0.900. The third kappa shape index (κ3) is 1.98. The molecule has 4 aliphatic carbocycles. The molecule has 4 aliphatic rings. The summed E-state index contributed by atoms with van der Waals surface area (Å²) in [5.41, 5.74) is 1.12. The minimum absolute atomic E-state index is 0.131. The van der Waals surface area contributed by atoms with E-state index < -0.39 is 0 Å². The van der Waals surface area contributed by atoms with Gasteiger partial charge >= 0.3 is 0 Å². The van der Waals surface area contributed by atoms with Crippen LogP contribution in [0.25, 0.3) is 0 Å².